The maximum absolute atomic E-state index is 12.7. The van der Waals surface area contributed by atoms with Crippen molar-refractivity contribution in [2.24, 2.45) is 5.73 Å². The lowest BCUT2D eigenvalue weighted by atomic mass is 10.1. The van der Waals surface area contributed by atoms with Crippen LogP contribution in [-0.4, -0.2) is 26.5 Å². The number of aromatic nitrogens is 3. The van der Waals surface area contributed by atoms with Crippen LogP contribution in [0.4, 0.5) is 23.7 Å². The molecule has 0 bridgehead atoms. The van der Waals surface area contributed by atoms with Crippen molar-refractivity contribution in [2.45, 2.75) is 12.6 Å². The first kappa shape index (κ1) is 21.8. The zero-order valence-corrected chi connectivity index (χ0v) is 16.8. The number of halogens is 3. The molecule has 0 unspecified atom stereocenters. The molecule has 168 valence electrons. The lowest BCUT2D eigenvalue weighted by Gasteiger charge is -2.12. The van der Waals surface area contributed by atoms with Crippen LogP contribution >= 0.6 is 0 Å². The standard InChI is InChI=1S/C22H16F3N5O3/c23-22(24,25)14-7-5-13(6-8-14)11-18(31)29-16-3-1-2-4-17(16)33-20-15-9-10-30(21(26)32)19(15)27-12-28-20/h1-10,12H,11H2,(H2,26,32)(H,29,31). The average molecular weight is 455 g/mol. The number of hydrogen-bond donors (Lipinski definition) is 2. The Morgan fingerprint density at radius 2 is 1.76 bits per heavy atom. The molecule has 0 aliphatic carbocycles. The Morgan fingerprint density at radius 3 is 2.45 bits per heavy atom. The molecule has 2 amide bonds. The van der Waals surface area contributed by atoms with Crippen molar-refractivity contribution in [1.82, 2.24) is 14.5 Å². The molecule has 11 heteroatoms. The van der Waals surface area contributed by atoms with E-state index in [-0.39, 0.29) is 23.7 Å². The van der Waals surface area contributed by atoms with Gasteiger partial charge in [0.15, 0.2) is 11.4 Å². The number of ether oxygens (including phenoxy) is 1. The Labute approximate surface area is 184 Å². The number of fused-ring (bicyclic) bond motifs is 1. The molecular weight excluding hydrogens is 439 g/mol. The van der Waals surface area contributed by atoms with E-state index in [0.717, 1.165) is 16.7 Å². The molecule has 33 heavy (non-hydrogen) atoms. The molecule has 3 N–H and O–H groups in total. The number of carbonyl (C=O) groups is 2. The highest BCUT2D eigenvalue weighted by atomic mass is 19.4. The number of alkyl halides is 3. The lowest BCUT2D eigenvalue weighted by molar-refractivity contribution is -0.137. The SMILES string of the molecule is NC(=O)n1ccc2c(Oc3ccccc3NC(=O)Cc3ccc(C(F)(F)F)cc3)ncnc21. The van der Waals surface area contributed by atoms with E-state index >= 15 is 0 Å². The van der Waals surface area contributed by atoms with E-state index in [0.29, 0.717) is 16.6 Å². The van der Waals surface area contributed by atoms with Gasteiger partial charge in [0.05, 0.1) is 23.1 Å². The lowest BCUT2D eigenvalue weighted by Crippen LogP contribution is -2.18. The first-order chi connectivity index (χ1) is 15.7. The minimum atomic E-state index is -4.44. The van der Waals surface area contributed by atoms with Gasteiger partial charge in [0, 0.05) is 6.20 Å². The predicted octanol–water partition coefficient (Wildman–Crippen LogP) is 4.35. The Kier molecular flexibility index (Phi) is 5.69. The molecule has 4 rings (SSSR count). The zero-order chi connectivity index (χ0) is 23.6. The van der Waals surface area contributed by atoms with Crippen LogP contribution < -0.4 is 15.8 Å². The summed E-state index contributed by atoms with van der Waals surface area (Å²) < 4.78 is 45.1. The summed E-state index contributed by atoms with van der Waals surface area (Å²) in [5.74, 6) is -0.0342. The van der Waals surface area contributed by atoms with E-state index in [1.165, 1.54) is 24.7 Å². The molecule has 2 heterocycles. The predicted molar refractivity (Wildman–Crippen MR) is 113 cm³/mol. The van der Waals surface area contributed by atoms with Crippen molar-refractivity contribution < 1.29 is 27.5 Å². The van der Waals surface area contributed by atoms with E-state index in [2.05, 4.69) is 15.3 Å². The van der Waals surface area contributed by atoms with Crippen molar-refractivity contribution in [3.63, 3.8) is 0 Å². The highest BCUT2D eigenvalue weighted by molar-refractivity contribution is 5.94. The number of primary amides is 1. The first-order valence-electron chi connectivity index (χ1n) is 9.57. The minimum absolute atomic E-state index is 0.133. The normalized spacial score (nSPS) is 11.4. The van der Waals surface area contributed by atoms with Gasteiger partial charge >= 0.3 is 12.2 Å². The fraction of sp³-hybridized carbons (Fsp3) is 0.0909. The Hall–Kier alpha value is -4.41. The number of amides is 2. The van der Waals surface area contributed by atoms with Gasteiger partial charge in [0.2, 0.25) is 11.8 Å². The summed E-state index contributed by atoms with van der Waals surface area (Å²) in [5, 5.41) is 3.12. The van der Waals surface area contributed by atoms with E-state index in [9.17, 15) is 22.8 Å². The van der Waals surface area contributed by atoms with E-state index < -0.39 is 23.7 Å². The molecule has 0 fully saturated rings. The van der Waals surface area contributed by atoms with Crippen LogP contribution in [0.25, 0.3) is 11.0 Å². The van der Waals surface area contributed by atoms with Crippen LogP contribution in [0, 0.1) is 0 Å². The quantitative estimate of drug-likeness (QED) is 0.465. The van der Waals surface area contributed by atoms with Crippen molar-refractivity contribution in [3.8, 4) is 11.6 Å². The molecule has 0 saturated heterocycles. The first-order valence-corrected chi connectivity index (χ1v) is 9.57. The molecule has 0 radical (unpaired) electrons. The summed E-state index contributed by atoms with van der Waals surface area (Å²) in [7, 11) is 0. The van der Waals surface area contributed by atoms with Crippen molar-refractivity contribution >= 4 is 28.7 Å². The second-order valence-corrected chi connectivity index (χ2v) is 6.96. The van der Waals surface area contributed by atoms with Crippen LogP contribution in [0.1, 0.15) is 11.1 Å². The maximum Gasteiger partial charge on any atom is 0.416 e. The van der Waals surface area contributed by atoms with E-state index in [1.54, 1.807) is 30.3 Å². The molecular formula is C22H16F3N5O3. The fourth-order valence-electron chi connectivity index (χ4n) is 3.14. The highest BCUT2D eigenvalue weighted by Gasteiger charge is 2.30. The van der Waals surface area contributed by atoms with Gasteiger partial charge in [0.25, 0.3) is 0 Å². The summed E-state index contributed by atoms with van der Waals surface area (Å²) in [6.45, 7) is 0. The smallest absolute Gasteiger partial charge is 0.416 e. The van der Waals surface area contributed by atoms with Crippen molar-refractivity contribution in [3.05, 3.63) is 78.2 Å². The molecule has 0 atom stereocenters. The summed E-state index contributed by atoms with van der Waals surface area (Å²) in [4.78, 5) is 32.1. The molecule has 2 aromatic heterocycles. The summed E-state index contributed by atoms with van der Waals surface area (Å²) in [6.07, 6.45) is -1.93. The molecule has 0 aliphatic heterocycles. The van der Waals surface area contributed by atoms with Gasteiger partial charge in [-0.05, 0) is 35.9 Å². The number of rotatable bonds is 5. The number of hydrogen-bond acceptors (Lipinski definition) is 5. The van der Waals surface area contributed by atoms with Gasteiger partial charge in [-0.2, -0.15) is 13.2 Å². The summed E-state index contributed by atoms with van der Waals surface area (Å²) >= 11 is 0. The number of benzene rings is 2. The second-order valence-electron chi connectivity index (χ2n) is 6.96. The molecule has 8 nitrogen and oxygen atoms in total. The molecule has 2 aromatic carbocycles. The molecule has 0 saturated carbocycles. The Balaban J connectivity index is 1.52. The number of nitrogens with zero attached hydrogens (tertiary/aromatic N) is 3. The van der Waals surface area contributed by atoms with Crippen LogP contribution in [0.15, 0.2) is 67.1 Å². The maximum atomic E-state index is 12.7. The number of para-hydroxylation sites is 2. The number of carbonyl (C=O) groups excluding carboxylic acids is 2. The Bertz CT molecular complexity index is 1330. The van der Waals surface area contributed by atoms with Crippen LogP contribution in [-0.2, 0) is 17.4 Å². The van der Waals surface area contributed by atoms with Crippen LogP contribution in [0.3, 0.4) is 0 Å². The van der Waals surface area contributed by atoms with Crippen molar-refractivity contribution in [2.75, 3.05) is 5.32 Å². The average Bonchev–Trinajstić information content (AvgIpc) is 3.20. The van der Waals surface area contributed by atoms with Crippen molar-refractivity contribution in [1.29, 1.82) is 0 Å². The van der Waals surface area contributed by atoms with Crippen LogP contribution in [0.2, 0.25) is 0 Å². The Morgan fingerprint density at radius 1 is 1.03 bits per heavy atom. The molecule has 0 spiro atoms. The van der Waals surface area contributed by atoms with E-state index in [1.807, 2.05) is 0 Å². The molecule has 0 aliphatic rings. The number of anilines is 1. The summed E-state index contributed by atoms with van der Waals surface area (Å²) in [6, 6.07) is 11.8. The number of nitrogens with one attached hydrogen (secondary N) is 1. The van der Waals surface area contributed by atoms with Gasteiger partial charge in [-0.3, -0.25) is 9.36 Å². The van der Waals surface area contributed by atoms with Gasteiger partial charge in [-0.15, -0.1) is 0 Å². The number of nitrogens with two attached hydrogens (primary N) is 1. The third-order valence-electron chi connectivity index (χ3n) is 4.70. The van der Waals surface area contributed by atoms with Gasteiger partial charge in [0.1, 0.15) is 6.33 Å². The van der Waals surface area contributed by atoms with Gasteiger partial charge < -0.3 is 15.8 Å². The topological polar surface area (TPSA) is 112 Å². The summed E-state index contributed by atoms with van der Waals surface area (Å²) in [5.41, 5.74) is 5.54. The third kappa shape index (κ3) is 4.76. The van der Waals surface area contributed by atoms with Gasteiger partial charge in [-0.25, -0.2) is 14.8 Å². The fourth-order valence-corrected chi connectivity index (χ4v) is 3.14. The molecule has 4 aromatic rings. The third-order valence-corrected chi connectivity index (χ3v) is 4.70. The zero-order valence-electron chi connectivity index (χ0n) is 16.8. The van der Waals surface area contributed by atoms with E-state index in [4.69, 9.17) is 10.5 Å². The highest BCUT2D eigenvalue weighted by Crippen LogP contribution is 2.32. The second kappa shape index (κ2) is 8.61. The monoisotopic (exact) mass is 455 g/mol. The largest absolute Gasteiger partial charge is 0.436 e. The van der Waals surface area contributed by atoms with Crippen LogP contribution in [0.5, 0.6) is 11.6 Å². The van der Waals surface area contributed by atoms with Gasteiger partial charge in [-0.1, -0.05) is 24.3 Å². The minimum Gasteiger partial charge on any atom is -0.436 e.